The number of nitrogens with two attached hydrogens (primary N) is 1. The van der Waals surface area contributed by atoms with Crippen LogP contribution < -0.4 is 10.5 Å². The number of rotatable bonds is 5. The molecule has 0 fully saturated rings. The van der Waals surface area contributed by atoms with Gasteiger partial charge in [-0.1, -0.05) is 6.07 Å². The second kappa shape index (κ2) is 6.30. The number of benzene rings is 1. The molecule has 1 aromatic carbocycles. The molecule has 112 valence electrons. The smallest absolute Gasteiger partial charge is 0.257 e. The van der Waals surface area contributed by atoms with Crippen molar-refractivity contribution in [1.29, 1.82) is 0 Å². The molecule has 0 saturated heterocycles. The Balaban J connectivity index is 2.23. The van der Waals surface area contributed by atoms with Crippen LogP contribution >= 0.6 is 0 Å². The lowest BCUT2D eigenvalue weighted by atomic mass is 10.1. The minimum absolute atomic E-state index is 0.145. The van der Waals surface area contributed by atoms with E-state index in [1.54, 1.807) is 36.3 Å². The highest BCUT2D eigenvalue weighted by molar-refractivity contribution is 5.98. The third kappa shape index (κ3) is 3.16. The van der Waals surface area contributed by atoms with Crippen LogP contribution in [0, 0.1) is 0 Å². The quantitative estimate of drug-likeness (QED) is 0.849. The van der Waals surface area contributed by atoms with Gasteiger partial charge in [-0.2, -0.15) is 0 Å². The van der Waals surface area contributed by atoms with Crippen molar-refractivity contribution in [3.63, 3.8) is 0 Å². The van der Waals surface area contributed by atoms with Crippen molar-refractivity contribution >= 4 is 11.6 Å². The molecule has 0 aliphatic heterocycles. The van der Waals surface area contributed by atoms with Gasteiger partial charge in [0.25, 0.3) is 5.91 Å². The number of aromatic nitrogens is 2. The fraction of sp³-hybridized carbons (Fsp3) is 0.333. The van der Waals surface area contributed by atoms with Crippen LogP contribution in [0.5, 0.6) is 5.75 Å². The van der Waals surface area contributed by atoms with E-state index in [1.165, 1.54) is 0 Å². The predicted molar refractivity (Wildman–Crippen MR) is 81.0 cm³/mol. The van der Waals surface area contributed by atoms with Crippen LogP contribution in [-0.4, -0.2) is 34.0 Å². The van der Waals surface area contributed by atoms with Crippen LogP contribution in [0.2, 0.25) is 0 Å². The number of nitrogen functional groups attached to an aromatic ring is 1. The highest BCUT2D eigenvalue weighted by Gasteiger charge is 2.19. The van der Waals surface area contributed by atoms with Gasteiger partial charge in [-0.25, -0.2) is 4.98 Å². The van der Waals surface area contributed by atoms with Crippen LogP contribution in [0.15, 0.2) is 30.6 Å². The van der Waals surface area contributed by atoms with E-state index < -0.39 is 0 Å². The van der Waals surface area contributed by atoms with Crippen molar-refractivity contribution in [2.75, 3.05) is 19.4 Å². The Kier molecular flexibility index (Phi) is 4.47. The molecule has 1 amide bonds. The maximum absolute atomic E-state index is 12.6. The molecule has 0 unspecified atom stereocenters. The summed E-state index contributed by atoms with van der Waals surface area (Å²) in [5.74, 6) is 1.11. The third-order valence-corrected chi connectivity index (χ3v) is 3.21. The van der Waals surface area contributed by atoms with Crippen LogP contribution in [0.1, 0.15) is 23.1 Å². The van der Waals surface area contributed by atoms with Crippen molar-refractivity contribution in [3.8, 4) is 5.75 Å². The van der Waals surface area contributed by atoms with E-state index in [1.807, 2.05) is 24.7 Å². The van der Waals surface area contributed by atoms with Gasteiger partial charge in [0.2, 0.25) is 0 Å². The molecule has 6 heteroatoms. The Hall–Kier alpha value is -2.50. The topological polar surface area (TPSA) is 73.4 Å². The van der Waals surface area contributed by atoms with E-state index in [0.29, 0.717) is 30.2 Å². The molecule has 0 bridgehead atoms. The zero-order valence-electron chi connectivity index (χ0n) is 12.5. The van der Waals surface area contributed by atoms with Crippen LogP contribution in [0.4, 0.5) is 5.69 Å². The van der Waals surface area contributed by atoms with Gasteiger partial charge in [0, 0.05) is 26.5 Å². The molecule has 2 N–H and O–H groups in total. The van der Waals surface area contributed by atoms with Crippen LogP contribution in [-0.2, 0) is 13.6 Å². The first-order valence-electron chi connectivity index (χ1n) is 6.77. The van der Waals surface area contributed by atoms with E-state index in [9.17, 15) is 4.79 Å². The molecule has 21 heavy (non-hydrogen) atoms. The minimum atomic E-state index is -0.145. The maximum Gasteiger partial charge on any atom is 0.257 e. The maximum atomic E-state index is 12.6. The SMILES string of the molecule is CCOc1c(N)cccc1C(=O)N(C)Cc1nccn1C. The van der Waals surface area contributed by atoms with E-state index in [-0.39, 0.29) is 5.91 Å². The summed E-state index contributed by atoms with van der Waals surface area (Å²) in [7, 11) is 3.63. The molecule has 1 heterocycles. The zero-order valence-corrected chi connectivity index (χ0v) is 12.5. The van der Waals surface area contributed by atoms with Crippen molar-refractivity contribution < 1.29 is 9.53 Å². The lowest BCUT2D eigenvalue weighted by Gasteiger charge is -2.19. The second-order valence-corrected chi connectivity index (χ2v) is 4.77. The van der Waals surface area contributed by atoms with Gasteiger partial charge in [0.1, 0.15) is 5.82 Å². The second-order valence-electron chi connectivity index (χ2n) is 4.77. The lowest BCUT2D eigenvalue weighted by molar-refractivity contribution is 0.0776. The van der Waals surface area contributed by atoms with Gasteiger partial charge in [0.15, 0.2) is 5.75 Å². The lowest BCUT2D eigenvalue weighted by Crippen LogP contribution is -2.28. The molecule has 0 spiro atoms. The minimum Gasteiger partial charge on any atom is -0.491 e. The number of carbonyl (C=O) groups excluding carboxylic acids is 1. The largest absolute Gasteiger partial charge is 0.491 e. The van der Waals surface area contributed by atoms with Crippen molar-refractivity contribution in [2.45, 2.75) is 13.5 Å². The summed E-state index contributed by atoms with van der Waals surface area (Å²) in [6, 6.07) is 5.19. The summed E-state index contributed by atoms with van der Waals surface area (Å²) in [5, 5.41) is 0. The Morgan fingerprint density at radius 2 is 2.24 bits per heavy atom. The first-order valence-corrected chi connectivity index (χ1v) is 6.77. The van der Waals surface area contributed by atoms with Gasteiger partial charge in [-0.15, -0.1) is 0 Å². The molecule has 0 saturated carbocycles. The third-order valence-electron chi connectivity index (χ3n) is 3.21. The van der Waals surface area contributed by atoms with E-state index in [4.69, 9.17) is 10.5 Å². The number of nitrogens with zero attached hydrogens (tertiary/aromatic N) is 3. The molecule has 1 aromatic heterocycles. The number of ether oxygens (including phenoxy) is 1. The number of hydrogen-bond donors (Lipinski definition) is 1. The molecule has 2 aromatic rings. The van der Waals surface area contributed by atoms with Gasteiger partial charge in [-0.05, 0) is 19.1 Å². The average Bonchev–Trinajstić information content (AvgIpc) is 2.86. The molecule has 0 aliphatic rings. The van der Waals surface area contributed by atoms with Gasteiger partial charge in [-0.3, -0.25) is 4.79 Å². The number of aryl methyl sites for hydroxylation is 1. The molecule has 6 nitrogen and oxygen atoms in total. The number of hydrogen-bond acceptors (Lipinski definition) is 4. The molecular formula is C15H20N4O2. The molecule has 0 radical (unpaired) electrons. The Bertz CT molecular complexity index is 636. The fourth-order valence-electron chi connectivity index (χ4n) is 2.07. The number of anilines is 1. The Morgan fingerprint density at radius 3 is 2.86 bits per heavy atom. The Morgan fingerprint density at radius 1 is 1.48 bits per heavy atom. The molecule has 0 aliphatic carbocycles. The highest BCUT2D eigenvalue weighted by atomic mass is 16.5. The van der Waals surface area contributed by atoms with Crippen LogP contribution in [0.3, 0.4) is 0 Å². The van der Waals surface area contributed by atoms with E-state index in [2.05, 4.69) is 4.98 Å². The molecule has 2 rings (SSSR count). The summed E-state index contributed by atoms with van der Waals surface area (Å²) < 4.78 is 7.39. The highest BCUT2D eigenvalue weighted by Crippen LogP contribution is 2.27. The number of imidazole rings is 1. The zero-order chi connectivity index (χ0) is 15.4. The van der Waals surface area contributed by atoms with Crippen molar-refractivity contribution in [3.05, 3.63) is 42.0 Å². The van der Waals surface area contributed by atoms with Gasteiger partial charge in [0.05, 0.1) is 24.4 Å². The number of amides is 1. The predicted octanol–water partition coefficient (Wildman–Crippen LogP) is 1.67. The summed E-state index contributed by atoms with van der Waals surface area (Å²) in [6.07, 6.45) is 3.56. The number of carbonyl (C=O) groups is 1. The first kappa shape index (κ1) is 14.9. The van der Waals surface area contributed by atoms with Crippen molar-refractivity contribution in [1.82, 2.24) is 14.5 Å². The van der Waals surface area contributed by atoms with Gasteiger partial charge < -0.3 is 19.9 Å². The van der Waals surface area contributed by atoms with Crippen molar-refractivity contribution in [2.24, 2.45) is 7.05 Å². The Labute approximate surface area is 124 Å². The average molecular weight is 288 g/mol. The summed E-state index contributed by atoms with van der Waals surface area (Å²) in [5.41, 5.74) is 6.83. The fourth-order valence-corrected chi connectivity index (χ4v) is 2.07. The number of para-hydroxylation sites is 1. The van der Waals surface area contributed by atoms with Gasteiger partial charge >= 0.3 is 0 Å². The normalized spacial score (nSPS) is 10.4. The standard InChI is InChI=1S/C15H20N4O2/c1-4-21-14-11(6-5-7-12(14)16)15(20)19(3)10-13-17-8-9-18(13)2/h5-9H,4,10,16H2,1-3H3. The summed E-state index contributed by atoms with van der Waals surface area (Å²) >= 11 is 0. The molecule has 0 atom stereocenters. The van der Waals surface area contributed by atoms with E-state index >= 15 is 0 Å². The monoisotopic (exact) mass is 288 g/mol. The summed E-state index contributed by atoms with van der Waals surface area (Å²) in [6.45, 7) is 2.73. The summed E-state index contributed by atoms with van der Waals surface area (Å²) in [4.78, 5) is 18.4. The van der Waals surface area contributed by atoms with Crippen LogP contribution in [0.25, 0.3) is 0 Å². The van der Waals surface area contributed by atoms with E-state index in [0.717, 1.165) is 5.82 Å². The molecular weight excluding hydrogens is 268 g/mol. The first-order chi connectivity index (χ1) is 10.0.